The number of nitrogens with one attached hydrogen (secondary N) is 1. The number of alkyl halides is 3. The number of nitrogens with zero attached hydrogens (tertiary/aromatic N) is 9. The minimum Gasteiger partial charge on any atom is -0.485 e. The molecule has 2 fully saturated rings. The van der Waals surface area contributed by atoms with Gasteiger partial charge < -0.3 is 29.3 Å². The van der Waals surface area contributed by atoms with Crippen molar-refractivity contribution in [2.75, 3.05) is 49.9 Å². The molecule has 19 heteroatoms. The number of aryl methyl sites for hydroxylation is 1. The lowest BCUT2D eigenvalue weighted by Crippen LogP contribution is -2.51. The first-order chi connectivity index (χ1) is 30.9. The number of fused-ring (bicyclic) bond motifs is 3. The van der Waals surface area contributed by atoms with E-state index in [-0.39, 0.29) is 96.5 Å². The van der Waals surface area contributed by atoms with Crippen LogP contribution < -0.4 is 20.5 Å². The third-order valence-corrected chi connectivity index (χ3v) is 13.0. The molecule has 2 aliphatic heterocycles. The molecule has 9 rings (SSSR count). The summed E-state index contributed by atoms with van der Waals surface area (Å²) in [6.07, 6.45) is -1.40. The Kier molecular flexibility index (Phi) is 9.85. The molecule has 1 saturated heterocycles. The van der Waals surface area contributed by atoms with Gasteiger partial charge in [-0.05, 0) is 68.6 Å². The van der Waals surface area contributed by atoms with Gasteiger partial charge in [-0.15, -0.1) is 16.4 Å². The van der Waals surface area contributed by atoms with E-state index in [0.29, 0.717) is 22.8 Å². The van der Waals surface area contributed by atoms with Crippen LogP contribution in [0, 0.1) is 6.92 Å². The fourth-order valence-corrected chi connectivity index (χ4v) is 9.78. The van der Waals surface area contributed by atoms with Gasteiger partial charge in [0.25, 0.3) is 11.5 Å². The second-order valence-corrected chi connectivity index (χ2v) is 17.2. The van der Waals surface area contributed by atoms with Crippen LogP contribution in [-0.2, 0) is 42.5 Å². The number of ether oxygens (including phenoxy) is 1. The predicted octanol–water partition coefficient (Wildman–Crippen LogP) is 6.61. The number of aromatic nitrogens is 6. The molecule has 0 bridgehead atoms. The van der Waals surface area contributed by atoms with E-state index in [4.69, 9.17) is 30.5 Å². The van der Waals surface area contributed by atoms with Gasteiger partial charge in [0.1, 0.15) is 25.2 Å². The first-order valence-corrected chi connectivity index (χ1v) is 21.2. The molecule has 0 radical (unpaired) electrons. The molecule has 4 aromatic heterocycles. The molecule has 14 nitrogen and oxygen atoms in total. The fourth-order valence-electron chi connectivity index (χ4n) is 8.32. The second-order valence-electron chi connectivity index (χ2n) is 15.7. The minimum absolute atomic E-state index is 0.0419. The van der Waals surface area contributed by atoms with Crippen LogP contribution in [0.3, 0.4) is 0 Å². The van der Waals surface area contributed by atoms with Crippen molar-refractivity contribution in [3.8, 4) is 16.5 Å². The number of carbonyl (C=O) groups is 2. The molecule has 2 amide bonds. The van der Waals surface area contributed by atoms with Crippen molar-refractivity contribution in [1.29, 1.82) is 0 Å². The largest absolute Gasteiger partial charge is 0.485 e. The van der Waals surface area contributed by atoms with Crippen LogP contribution in [-0.4, -0.2) is 90.4 Å². The van der Waals surface area contributed by atoms with E-state index in [9.17, 15) is 27.6 Å². The summed E-state index contributed by atoms with van der Waals surface area (Å²) in [7, 11) is 0. The third-order valence-electron chi connectivity index (χ3n) is 11.6. The molecule has 3 aliphatic rings. The average molecular weight is 890 g/mol. The Hall–Kier alpha value is -5.85. The molecular weight excluding hydrogens is 845 g/mol. The Labute approximate surface area is 367 Å². The van der Waals surface area contributed by atoms with E-state index < -0.39 is 36.7 Å². The molecule has 1 N–H and O–H groups in total. The van der Waals surface area contributed by atoms with E-state index in [0.717, 1.165) is 51.6 Å². The highest BCUT2D eigenvalue weighted by Gasteiger charge is 2.49. The number of likely N-dealkylation sites (N-methyl/N-ethyl adjacent to an activating group) is 1. The van der Waals surface area contributed by atoms with Gasteiger partial charge in [0.15, 0.2) is 17.3 Å². The Morgan fingerprint density at radius 2 is 1.84 bits per heavy atom. The number of rotatable bonds is 10. The maximum atomic E-state index is 14.7. The Morgan fingerprint density at radius 3 is 2.53 bits per heavy atom. The summed E-state index contributed by atoms with van der Waals surface area (Å²) < 4.78 is 73.3. The van der Waals surface area contributed by atoms with E-state index in [1.807, 2.05) is 48.2 Å². The number of amides is 2. The van der Waals surface area contributed by atoms with E-state index >= 15 is 0 Å². The molecular formula is C43H42ClF3N10O4S. The van der Waals surface area contributed by atoms with Gasteiger partial charge in [-0.2, -0.15) is 22.7 Å². The van der Waals surface area contributed by atoms with Crippen LogP contribution in [0.2, 0.25) is 5.02 Å². The molecule has 2 aromatic carbocycles. The van der Waals surface area contributed by atoms with Crippen LogP contribution in [0.1, 0.15) is 67.3 Å². The zero-order valence-corrected chi connectivity index (χ0v) is 35.2. The smallest absolute Gasteiger partial charge is 0.416 e. The highest BCUT2D eigenvalue weighted by atomic mass is 35.5. The molecule has 0 atom stereocenters. The van der Waals surface area contributed by atoms with Crippen molar-refractivity contribution < 1.29 is 31.6 Å². The molecule has 1 aliphatic carbocycles. The summed E-state index contributed by atoms with van der Waals surface area (Å²) in [5.74, 6) is -0.494. The highest BCUT2D eigenvalue weighted by Crippen LogP contribution is 2.55. The second kappa shape index (κ2) is 16.1. The Balaban J connectivity index is 1.05. The molecule has 1 saturated carbocycles. The van der Waals surface area contributed by atoms with Crippen LogP contribution in [0.4, 0.5) is 24.5 Å². The standard InChI is InChI=1S/C43H42ClF3N10O4S/c1-4-31-36(54-14-16-55(17-15-54)39(59)35-37(25(2)48-24-49-35)61-22-26-8-6-5-7-9-26)40(60)57-41(56(31)21-34(58)50-30-11-10-27(18-29(30)44)43(45,46)47)51-38(52-57)32-19-28-33(62-32)20-53(3)23-42(28)12-13-42/h5-11,18-19,24H,4,12-17,20-23H2,1-3H3,(H,50,58)/i3D3. The van der Waals surface area contributed by atoms with E-state index in [1.165, 1.54) is 22.6 Å². The Morgan fingerprint density at radius 1 is 1.06 bits per heavy atom. The first kappa shape index (κ1) is 37.9. The summed E-state index contributed by atoms with van der Waals surface area (Å²) in [4.78, 5) is 62.5. The van der Waals surface area contributed by atoms with E-state index in [2.05, 4.69) is 15.3 Å². The third kappa shape index (κ3) is 7.79. The lowest BCUT2D eigenvalue weighted by molar-refractivity contribution is -0.137. The molecule has 0 unspecified atom stereocenters. The van der Waals surface area contributed by atoms with Crippen molar-refractivity contribution in [3.63, 3.8) is 0 Å². The van der Waals surface area contributed by atoms with Crippen molar-refractivity contribution >= 4 is 51.9 Å². The number of benzene rings is 2. The number of halogens is 4. The first-order valence-electron chi connectivity index (χ1n) is 21.5. The Bertz CT molecular complexity index is 2900. The van der Waals surface area contributed by atoms with Gasteiger partial charge in [0.2, 0.25) is 11.7 Å². The molecule has 1 spiro atoms. The van der Waals surface area contributed by atoms with Crippen LogP contribution in [0.5, 0.6) is 5.75 Å². The molecule has 322 valence electrons. The number of thiophene rings is 1. The summed E-state index contributed by atoms with van der Waals surface area (Å²) in [5.41, 5.74) is 1.44. The van der Waals surface area contributed by atoms with E-state index in [1.54, 1.807) is 16.4 Å². The maximum Gasteiger partial charge on any atom is 0.416 e. The lowest BCUT2D eigenvalue weighted by atomic mass is 9.92. The van der Waals surface area contributed by atoms with Crippen LogP contribution in [0.25, 0.3) is 16.5 Å². The van der Waals surface area contributed by atoms with Crippen LogP contribution >= 0.6 is 22.9 Å². The summed E-state index contributed by atoms with van der Waals surface area (Å²) in [6, 6.07) is 14.1. The monoisotopic (exact) mass is 889 g/mol. The predicted molar refractivity (Wildman–Crippen MR) is 228 cm³/mol. The number of hydrogen-bond acceptors (Lipinski definition) is 11. The van der Waals surface area contributed by atoms with Gasteiger partial charge in [-0.1, -0.05) is 48.9 Å². The number of anilines is 2. The number of piperazine rings is 1. The fraction of sp³-hybridized carbons (Fsp3) is 0.372. The number of hydrogen-bond donors (Lipinski definition) is 1. The van der Waals surface area contributed by atoms with Crippen molar-refractivity contribution in [2.24, 2.45) is 0 Å². The van der Waals surface area contributed by atoms with Gasteiger partial charge in [0.05, 0.1) is 32.5 Å². The van der Waals surface area contributed by atoms with Crippen molar-refractivity contribution in [3.05, 3.63) is 115 Å². The molecule has 62 heavy (non-hydrogen) atoms. The summed E-state index contributed by atoms with van der Waals surface area (Å²) >= 11 is 7.58. The number of carbonyl (C=O) groups excluding carboxylic acids is 2. The lowest BCUT2D eigenvalue weighted by Gasteiger charge is -2.36. The normalized spacial score (nSPS) is 17.1. The van der Waals surface area contributed by atoms with Gasteiger partial charge >= 0.3 is 6.18 Å². The minimum atomic E-state index is -4.64. The van der Waals surface area contributed by atoms with Gasteiger partial charge in [-0.25, -0.2) is 9.97 Å². The SMILES string of the molecule is [2H]C([2H])([2H])N1Cc2sc(-c3nc4n(CC(=O)Nc5ccc(C(F)(F)F)cc5Cl)c(CC)c(N5CCN(C(=O)c6ncnc(C)c6OCc6ccccc6)CC5)c(=O)n4n3)cc2C2(CC2)C1. The van der Waals surface area contributed by atoms with Crippen molar-refractivity contribution in [1.82, 2.24) is 38.9 Å². The van der Waals surface area contributed by atoms with Crippen LogP contribution in [0.15, 0.2) is 65.7 Å². The summed E-state index contributed by atoms with van der Waals surface area (Å²) in [5, 5.41) is 7.01. The van der Waals surface area contributed by atoms with Crippen molar-refractivity contribution in [2.45, 2.75) is 64.4 Å². The zero-order valence-electron chi connectivity index (χ0n) is 36.6. The molecule has 6 aromatic rings. The average Bonchev–Trinajstić information content (AvgIpc) is 3.65. The summed E-state index contributed by atoms with van der Waals surface area (Å²) in [6.45, 7) is 2.53. The van der Waals surface area contributed by atoms with Gasteiger partial charge in [-0.3, -0.25) is 14.4 Å². The molecule has 6 heterocycles. The van der Waals surface area contributed by atoms with Gasteiger partial charge in [0, 0.05) is 53.7 Å². The maximum absolute atomic E-state index is 14.7. The topological polar surface area (TPSA) is 143 Å². The highest BCUT2D eigenvalue weighted by molar-refractivity contribution is 7.15. The zero-order chi connectivity index (χ0) is 46.0. The quantitative estimate of drug-likeness (QED) is 0.160.